The minimum Gasteiger partial charge on any atom is -0.497 e. The van der Waals surface area contributed by atoms with E-state index in [1.54, 1.807) is 30.8 Å². The van der Waals surface area contributed by atoms with Gasteiger partial charge in [0.15, 0.2) is 0 Å². The largest absolute Gasteiger partial charge is 0.497 e. The van der Waals surface area contributed by atoms with Gasteiger partial charge < -0.3 is 15.0 Å². The van der Waals surface area contributed by atoms with Crippen molar-refractivity contribution in [1.82, 2.24) is 14.8 Å². The first kappa shape index (κ1) is 21.9. The highest BCUT2D eigenvalue weighted by Crippen LogP contribution is 2.35. The molecule has 1 aromatic carbocycles. The lowest BCUT2D eigenvalue weighted by molar-refractivity contribution is 0.128. The predicted octanol–water partition coefficient (Wildman–Crippen LogP) is 3.17. The van der Waals surface area contributed by atoms with Crippen molar-refractivity contribution in [2.45, 2.75) is 25.8 Å². The lowest BCUT2D eigenvalue weighted by atomic mass is 10.0. The third-order valence-electron chi connectivity index (χ3n) is 6.64. The van der Waals surface area contributed by atoms with Crippen LogP contribution in [0.15, 0.2) is 42.6 Å². The van der Waals surface area contributed by atoms with Gasteiger partial charge in [-0.15, -0.1) is 11.3 Å². The molecule has 3 aromatic rings. The number of aryl methyl sites for hydroxylation is 2. The Morgan fingerprint density at radius 3 is 2.82 bits per heavy atom. The maximum atomic E-state index is 14.7. The zero-order chi connectivity index (χ0) is 22.9. The molecular formula is C26H29FN4OS. The summed E-state index contributed by atoms with van der Waals surface area (Å²) in [7, 11) is 3.90. The van der Waals surface area contributed by atoms with Gasteiger partial charge in [0.05, 0.1) is 23.4 Å². The Balaban J connectivity index is 1.47. The number of halogens is 1. The molecule has 0 spiro atoms. The van der Waals surface area contributed by atoms with Gasteiger partial charge in [0, 0.05) is 48.5 Å². The van der Waals surface area contributed by atoms with E-state index in [9.17, 15) is 4.39 Å². The number of hydrogen-bond acceptors (Lipinski definition) is 6. The highest BCUT2D eigenvalue weighted by Gasteiger charge is 2.29. The third kappa shape index (κ3) is 4.35. The van der Waals surface area contributed by atoms with E-state index < -0.39 is 0 Å². The average molecular weight is 465 g/mol. The summed E-state index contributed by atoms with van der Waals surface area (Å²) in [6.07, 6.45) is 5.39. The molecule has 2 aromatic heterocycles. The number of pyridine rings is 1. The standard InChI is InChI=1S/C26H29FN4OS/c1-17-14-21-25(24-22(15-29-26(21)33-17)23(27)10-11-28-24)31-13-12-30(2)19(16-31)7-4-18-5-8-20(32-3)9-6-18/h5-6,8-11,14-15,19,29H,4,7,12-13,16H2,1-3H3. The number of anilines is 1. The maximum absolute atomic E-state index is 14.7. The number of fused-ring (bicyclic) bond motifs is 2. The number of ether oxygens (including phenoxy) is 1. The van der Waals surface area contributed by atoms with E-state index in [1.807, 2.05) is 12.1 Å². The minimum absolute atomic E-state index is 0.248. The second-order valence-electron chi connectivity index (χ2n) is 8.76. The molecule has 0 bridgehead atoms. The van der Waals surface area contributed by atoms with E-state index in [4.69, 9.17) is 4.74 Å². The Hall–Kier alpha value is -2.90. The van der Waals surface area contributed by atoms with Crippen LogP contribution in [0, 0.1) is 12.7 Å². The second-order valence-corrected chi connectivity index (χ2v) is 10.0. The van der Waals surface area contributed by atoms with Crippen molar-refractivity contribution in [3.8, 4) is 5.75 Å². The van der Waals surface area contributed by atoms with Gasteiger partial charge in [-0.05, 0) is 56.6 Å². The average Bonchev–Trinajstić information content (AvgIpc) is 3.11. The molecule has 1 atom stereocenters. The lowest BCUT2D eigenvalue weighted by Gasteiger charge is -2.41. The van der Waals surface area contributed by atoms with Crippen molar-refractivity contribution < 1.29 is 9.13 Å². The molecule has 2 aliphatic rings. The fourth-order valence-electron chi connectivity index (χ4n) is 4.74. The molecule has 2 aliphatic heterocycles. The van der Waals surface area contributed by atoms with Gasteiger partial charge in [0.2, 0.25) is 0 Å². The molecule has 5 rings (SSSR count). The van der Waals surface area contributed by atoms with Gasteiger partial charge >= 0.3 is 0 Å². The molecule has 1 unspecified atom stereocenters. The Kier molecular flexibility index (Phi) is 6.08. The van der Waals surface area contributed by atoms with Crippen molar-refractivity contribution in [3.63, 3.8) is 0 Å². The summed E-state index contributed by atoms with van der Waals surface area (Å²) in [5.41, 5.74) is 3.46. The molecule has 172 valence electrons. The molecule has 4 heterocycles. The summed E-state index contributed by atoms with van der Waals surface area (Å²) in [6.45, 7) is 4.84. The molecule has 33 heavy (non-hydrogen) atoms. The molecule has 1 fully saturated rings. The van der Waals surface area contributed by atoms with E-state index in [0.29, 0.717) is 11.3 Å². The third-order valence-corrected chi connectivity index (χ3v) is 7.62. The summed E-state index contributed by atoms with van der Waals surface area (Å²) in [5, 5.41) is 5.63. The molecule has 0 saturated carbocycles. The molecular weight excluding hydrogens is 435 g/mol. The van der Waals surface area contributed by atoms with Crippen molar-refractivity contribution >= 4 is 28.2 Å². The number of methoxy groups -OCH3 is 1. The molecule has 1 saturated heterocycles. The smallest absolute Gasteiger partial charge is 0.135 e. The van der Waals surface area contributed by atoms with Gasteiger partial charge in [-0.1, -0.05) is 12.1 Å². The number of aromatic nitrogens is 1. The summed E-state index contributed by atoms with van der Waals surface area (Å²) in [6, 6.07) is 12.4. The number of likely N-dealkylation sites (N-methyl/N-ethyl adjacent to an activating group) is 1. The van der Waals surface area contributed by atoms with Crippen LogP contribution < -0.4 is 20.6 Å². The number of benzene rings is 1. The van der Waals surface area contributed by atoms with Crippen molar-refractivity contribution in [2.24, 2.45) is 0 Å². The summed E-state index contributed by atoms with van der Waals surface area (Å²) in [5.74, 6) is 0.636. The zero-order valence-electron chi connectivity index (χ0n) is 19.3. The number of nitrogens with one attached hydrogen (secondary N) is 1. The van der Waals surface area contributed by atoms with Crippen molar-refractivity contribution in [3.05, 3.63) is 75.0 Å². The van der Waals surface area contributed by atoms with Crippen LogP contribution >= 0.6 is 11.3 Å². The highest BCUT2D eigenvalue weighted by atomic mass is 32.1. The molecule has 0 radical (unpaired) electrons. The maximum Gasteiger partial charge on any atom is 0.135 e. The van der Waals surface area contributed by atoms with Crippen LogP contribution in [-0.2, 0) is 6.42 Å². The second kappa shape index (κ2) is 9.15. The lowest BCUT2D eigenvalue weighted by Crippen LogP contribution is -2.52. The topological polar surface area (TPSA) is 40.6 Å². The first-order chi connectivity index (χ1) is 16.0. The predicted molar refractivity (Wildman–Crippen MR) is 132 cm³/mol. The number of piperazine rings is 1. The quantitative estimate of drug-likeness (QED) is 0.628. The first-order valence-electron chi connectivity index (χ1n) is 11.3. The molecule has 0 amide bonds. The van der Waals surface area contributed by atoms with Gasteiger partial charge in [0.1, 0.15) is 16.6 Å². The number of hydrogen-bond donors (Lipinski definition) is 1. The van der Waals surface area contributed by atoms with Crippen LogP contribution in [0.25, 0.3) is 11.9 Å². The van der Waals surface area contributed by atoms with Crippen molar-refractivity contribution in [1.29, 1.82) is 0 Å². The monoisotopic (exact) mass is 464 g/mol. The minimum atomic E-state index is -0.248. The van der Waals surface area contributed by atoms with Gasteiger partial charge in [0.25, 0.3) is 0 Å². The fourth-order valence-corrected chi connectivity index (χ4v) is 5.63. The van der Waals surface area contributed by atoms with E-state index in [0.717, 1.165) is 59.8 Å². The summed E-state index contributed by atoms with van der Waals surface area (Å²) >= 11 is 1.70. The van der Waals surface area contributed by atoms with E-state index in [2.05, 4.69) is 52.3 Å². The van der Waals surface area contributed by atoms with E-state index in [-0.39, 0.29) is 5.82 Å². The van der Waals surface area contributed by atoms with Crippen LogP contribution in [0.3, 0.4) is 0 Å². The SMILES string of the molecule is COc1ccc(CCC2CN(C3=c4nccc(F)c4=CNc4sc(C)cc43)CCN2C)cc1. The van der Waals surface area contributed by atoms with Crippen LogP contribution in [0.4, 0.5) is 9.39 Å². The molecule has 7 heteroatoms. The normalized spacial score (nSPS) is 18.1. The molecule has 1 N–H and O–H groups in total. The Morgan fingerprint density at radius 1 is 1.21 bits per heavy atom. The number of rotatable bonds is 5. The Morgan fingerprint density at radius 2 is 2.03 bits per heavy atom. The van der Waals surface area contributed by atoms with Crippen LogP contribution in [0.5, 0.6) is 5.75 Å². The van der Waals surface area contributed by atoms with E-state index in [1.165, 1.54) is 16.5 Å². The van der Waals surface area contributed by atoms with Gasteiger partial charge in [-0.25, -0.2) is 4.39 Å². The van der Waals surface area contributed by atoms with Crippen LogP contribution in [0.2, 0.25) is 0 Å². The van der Waals surface area contributed by atoms with Crippen LogP contribution in [0.1, 0.15) is 22.4 Å². The summed E-state index contributed by atoms with van der Waals surface area (Å²) in [4.78, 5) is 10.7. The number of thiophene rings is 1. The molecule has 5 nitrogen and oxygen atoms in total. The van der Waals surface area contributed by atoms with Crippen molar-refractivity contribution in [2.75, 3.05) is 39.1 Å². The Labute approximate surface area is 197 Å². The zero-order valence-corrected chi connectivity index (χ0v) is 20.1. The van der Waals surface area contributed by atoms with Crippen LogP contribution in [-0.4, -0.2) is 54.6 Å². The first-order valence-corrected chi connectivity index (χ1v) is 12.2. The van der Waals surface area contributed by atoms with Gasteiger partial charge in [-0.3, -0.25) is 9.88 Å². The van der Waals surface area contributed by atoms with Gasteiger partial charge in [-0.2, -0.15) is 0 Å². The Bertz CT molecular complexity index is 1270. The van der Waals surface area contributed by atoms with E-state index >= 15 is 0 Å². The summed E-state index contributed by atoms with van der Waals surface area (Å²) < 4.78 is 20.0. The number of nitrogens with zero attached hydrogens (tertiary/aromatic N) is 3. The molecule has 0 aliphatic carbocycles. The highest BCUT2D eigenvalue weighted by molar-refractivity contribution is 7.16. The fraction of sp³-hybridized carbons (Fsp3) is 0.346.